The summed E-state index contributed by atoms with van der Waals surface area (Å²) in [7, 11) is 4.95. The predicted molar refractivity (Wildman–Crippen MR) is 133 cm³/mol. The monoisotopic (exact) mass is 458 g/mol. The molecule has 0 radical (unpaired) electrons. The molecule has 0 amide bonds. The summed E-state index contributed by atoms with van der Waals surface area (Å²) in [5, 5.41) is 11.8. The van der Waals surface area contributed by atoms with E-state index < -0.39 is 0 Å². The highest BCUT2D eigenvalue weighted by Crippen LogP contribution is 2.66. The van der Waals surface area contributed by atoms with E-state index in [-0.39, 0.29) is 11.5 Å². The van der Waals surface area contributed by atoms with Crippen LogP contribution in [0.2, 0.25) is 0 Å². The molecule has 4 aliphatic carbocycles. The van der Waals surface area contributed by atoms with Crippen LogP contribution >= 0.6 is 0 Å². The molecule has 0 unspecified atom stereocenters. The van der Waals surface area contributed by atoms with Crippen LogP contribution < -0.4 is 0 Å². The van der Waals surface area contributed by atoms with E-state index in [4.69, 9.17) is 4.74 Å². The van der Waals surface area contributed by atoms with Gasteiger partial charge in [0.25, 0.3) is 0 Å². The average Bonchev–Trinajstić information content (AvgIpc) is 3.36. The van der Waals surface area contributed by atoms with Gasteiger partial charge < -0.3 is 18.8 Å². The van der Waals surface area contributed by atoms with Gasteiger partial charge in [-0.25, -0.2) is 0 Å². The average molecular weight is 459 g/mol. The molecule has 0 bridgehead atoms. The van der Waals surface area contributed by atoms with Crippen molar-refractivity contribution < 1.29 is 18.8 Å². The van der Waals surface area contributed by atoms with Gasteiger partial charge in [0, 0.05) is 37.5 Å². The number of morpholine rings is 1. The summed E-state index contributed by atoms with van der Waals surface area (Å²) >= 11 is 0. The lowest BCUT2D eigenvalue weighted by atomic mass is 9.47. The molecule has 186 valence electrons. The Morgan fingerprint density at radius 2 is 1.67 bits per heavy atom. The van der Waals surface area contributed by atoms with Gasteiger partial charge in [0.1, 0.15) is 25.2 Å². The Morgan fingerprint density at radius 3 is 2.39 bits per heavy atom. The molecule has 4 heteroatoms. The van der Waals surface area contributed by atoms with Gasteiger partial charge in [-0.05, 0) is 48.9 Å². The van der Waals surface area contributed by atoms with E-state index in [0.29, 0.717) is 17.4 Å². The molecule has 5 fully saturated rings. The Kier molecular flexibility index (Phi) is 5.43. The normalized spacial score (nSPS) is 50.8. The first-order valence-corrected chi connectivity index (χ1v) is 14.3. The Hall–Kier alpha value is -0.420. The molecule has 1 N–H and O–H groups in total. The van der Waals surface area contributed by atoms with Gasteiger partial charge in [0.2, 0.25) is 0 Å². The lowest BCUT2D eigenvalue weighted by molar-refractivity contribution is -0.943. The smallest absolute Gasteiger partial charge is 0.116 e. The molecule has 4 nitrogen and oxygen atoms in total. The maximum Gasteiger partial charge on any atom is 0.116 e. The van der Waals surface area contributed by atoms with Crippen molar-refractivity contribution >= 4 is 0 Å². The second-order valence-corrected chi connectivity index (χ2v) is 14.1. The zero-order chi connectivity index (χ0) is 23.1. The summed E-state index contributed by atoms with van der Waals surface area (Å²) in [6.45, 7) is 11.8. The highest BCUT2D eigenvalue weighted by molar-refractivity contribution is 5.26. The topological polar surface area (TPSA) is 29.5 Å². The third kappa shape index (κ3) is 3.29. The van der Waals surface area contributed by atoms with Crippen LogP contribution in [0.25, 0.3) is 0 Å². The SMILES string of the molecule is C[C@]12CC[C@H]3[C@@H](CC=C4C[C@@H]([N+]5(C)CCCC5)CC[C@@]43C)[C@@H]1C[C@H]([N+]1(C)CCOCC1)[C@@H]2O. The molecule has 3 saturated carbocycles. The summed E-state index contributed by atoms with van der Waals surface area (Å²) in [5.41, 5.74) is 2.36. The highest BCUT2D eigenvalue weighted by atomic mass is 16.5. The van der Waals surface area contributed by atoms with Crippen LogP contribution in [0.1, 0.15) is 71.6 Å². The number of hydrogen-bond acceptors (Lipinski definition) is 2. The first-order chi connectivity index (χ1) is 15.7. The van der Waals surface area contributed by atoms with Gasteiger partial charge in [-0.3, -0.25) is 0 Å². The van der Waals surface area contributed by atoms with Crippen LogP contribution in [-0.4, -0.2) is 85.7 Å². The van der Waals surface area contributed by atoms with Crippen LogP contribution in [-0.2, 0) is 4.74 Å². The molecule has 0 spiro atoms. The fourth-order valence-electron chi connectivity index (χ4n) is 10.3. The Balaban J connectivity index is 1.26. The zero-order valence-corrected chi connectivity index (χ0v) is 21.9. The van der Waals surface area contributed by atoms with Crippen molar-refractivity contribution in [2.45, 2.75) is 89.8 Å². The van der Waals surface area contributed by atoms with Crippen LogP contribution in [0.3, 0.4) is 0 Å². The molecule has 2 aliphatic heterocycles. The van der Waals surface area contributed by atoms with Crippen molar-refractivity contribution in [2.24, 2.45) is 28.6 Å². The fourth-order valence-corrected chi connectivity index (χ4v) is 10.3. The first kappa shape index (κ1) is 23.0. The van der Waals surface area contributed by atoms with Gasteiger partial charge in [0.15, 0.2) is 0 Å². The minimum atomic E-state index is -0.153. The van der Waals surface area contributed by atoms with E-state index in [9.17, 15) is 5.11 Å². The molecule has 6 rings (SSSR count). The molecule has 2 heterocycles. The standard InChI is InChI=1S/C29H50N2O2/c1-28-11-9-22(30(3)13-5-6-14-30)19-21(28)7-8-23-24(28)10-12-29(2)25(23)20-26(27(29)32)31(4)15-17-33-18-16-31/h7,22-27,32H,5-6,8-20H2,1-4H3/q+2/t22-,23+,24-,25-,26-,27-,28-,29-/m0/s1. The van der Waals surface area contributed by atoms with E-state index >= 15 is 0 Å². The van der Waals surface area contributed by atoms with E-state index in [1.807, 2.05) is 5.57 Å². The number of allylic oxidation sites excluding steroid dienone is 1. The number of likely N-dealkylation sites (tertiary alicyclic amines) is 1. The molecule has 8 atom stereocenters. The van der Waals surface area contributed by atoms with Crippen LogP contribution in [0.5, 0.6) is 0 Å². The zero-order valence-electron chi connectivity index (χ0n) is 21.9. The number of hydrogen-bond donors (Lipinski definition) is 1. The molecule has 2 saturated heterocycles. The number of nitrogens with zero attached hydrogens (tertiary/aromatic N) is 2. The van der Waals surface area contributed by atoms with Gasteiger partial charge in [-0.1, -0.05) is 25.5 Å². The van der Waals surface area contributed by atoms with Crippen molar-refractivity contribution in [1.82, 2.24) is 0 Å². The number of aliphatic hydroxyl groups is 1. The summed E-state index contributed by atoms with van der Waals surface area (Å²) in [6.07, 6.45) is 14.7. The number of ether oxygens (including phenoxy) is 1. The third-order valence-corrected chi connectivity index (χ3v) is 12.8. The summed E-state index contributed by atoms with van der Waals surface area (Å²) in [6, 6.07) is 1.26. The number of quaternary nitrogens is 2. The Labute approximate surface area is 202 Å². The molecule has 0 aromatic heterocycles. The van der Waals surface area contributed by atoms with Crippen LogP contribution in [0.4, 0.5) is 0 Å². The largest absolute Gasteiger partial charge is 0.386 e. The number of fused-ring (bicyclic) bond motifs is 5. The summed E-state index contributed by atoms with van der Waals surface area (Å²) in [4.78, 5) is 0. The van der Waals surface area contributed by atoms with Gasteiger partial charge in [-0.15, -0.1) is 0 Å². The number of aliphatic hydroxyl groups excluding tert-OH is 1. The first-order valence-electron chi connectivity index (χ1n) is 14.3. The van der Waals surface area contributed by atoms with E-state index in [0.717, 1.165) is 48.7 Å². The molecule has 0 aromatic rings. The van der Waals surface area contributed by atoms with E-state index in [1.54, 1.807) is 0 Å². The van der Waals surface area contributed by atoms with Crippen molar-refractivity contribution in [1.29, 1.82) is 0 Å². The number of likely N-dealkylation sites (N-methyl/N-ethyl adjacent to an activating group) is 1. The maximum atomic E-state index is 11.8. The number of rotatable bonds is 2. The fraction of sp³-hybridized carbons (Fsp3) is 0.931. The molecular weight excluding hydrogens is 408 g/mol. The van der Waals surface area contributed by atoms with E-state index in [2.05, 4.69) is 34.0 Å². The van der Waals surface area contributed by atoms with E-state index in [1.165, 1.54) is 75.4 Å². The van der Waals surface area contributed by atoms with Crippen molar-refractivity contribution in [3.63, 3.8) is 0 Å². The Bertz CT molecular complexity index is 797. The molecule has 6 aliphatic rings. The molecular formula is C29H50N2O2+2. The summed E-state index contributed by atoms with van der Waals surface area (Å²) in [5.74, 6) is 2.30. The third-order valence-electron chi connectivity index (χ3n) is 12.8. The van der Waals surface area contributed by atoms with Gasteiger partial charge >= 0.3 is 0 Å². The summed E-state index contributed by atoms with van der Waals surface area (Å²) < 4.78 is 8.08. The highest BCUT2D eigenvalue weighted by Gasteiger charge is 2.64. The quantitative estimate of drug-likeness (QED) is 0.492. The predicted octanol–water partition coefficient (Wildman–Crippen LogP) is 4.37. The second-order valence-electron chi connectivity index (χ2n) is 14.1. The lowest BCUT2D eigenvalue weighted by Gasteiger charge is -2.58. The lowest BCUT2D eigenvalue weighted by Crippen LogP contribution is -2.61. The van der Waals surface area contributed by atoms with Gasteiger partial charge in [-0.2, -0.15) is 0 Å². The second kappa shape index (κ2) is 7.79. The van der Waals surface area contributed by atoms with Gasteiger partial charge in [0.05, 0.1) is 46.4 Å². The minimum Gasteiger partial charge on any atom is -0.386 e. The van der Waals surface area contributed by atoms with Crippen molar-refractivity contribution in [2.75, 3.05) is 53.5 Å². The maximum absolute atomic E-state index is 11.8. The van der Waals surface area contributed by atoms with Crippen molar-refractivity contribution in [3.8, 4) is 0 Å². The van der Waals surface area contributed by atoms with Crippen molar-refractivity contribution in [3.05, 3.63) is 11.6 Å². The van der Waals surface area contributed by atoms with Crippen LogP contribution in [0, 0.1) is 28.6 Å². The Morgan fingerprint density at radius 1 is 0.939 bits per heavy atom. The molecule has 33 heavy (non-hydrogen) atoms. The van der Waals surface area contributed by atoms with Crippen LogP contribution in [0.15, 0.2) is 11.6 Å². The minimum absolute atomic E-state index is 0.110. The molecule has 0 aromatic carbocycles.